The second kappa shape index (κ2) is 6.18. The number of pyridine rings is 1. The van der Waals surface area contributed by atoms with Crippen LogP contribution in [0.3, 0.4) is 0 Å². The number of aromatic nitrogens is 1. The van der Waals surface area contributed by atoms with E-state index < -0.39 is 0 Å². The highest BCUT2D eigenvalue weighted by molar-refractivity contribution is 7.14. The van der Waals surface area contributed by atoms with Gasteiger partial charge in [-0.25, -0.2) is 5.43 Å². The molecule has 21 heavy (non-hydrogen) atoms. The number of nitrogens with zero attached hydrogens (tertiary/aromatic N) is 2. The molecule has 5 heteroatoms. The molecule has 0 unspecified atom stereocenters. The monoisotopic (exact) mass is 299 g/mol. The number of carbonyl (C=O) groups excluding carboxylic acids is 1. The summed E-state index contributed by atoms with van der Waals surface area (Å²) >= 11 is 1.59. The average Bonchev–Trinajstić information content (AvgIpc) is 2.91. The van der Waals surface area contributed by atoms with Crippen molar-refractivity contribution in [1.82, 2.24) is 10.4 Å². The first-order chi connectivity index (χ1) is 10.2. The molecule has 0 bridgehead atoms. The van der Waals surface area contributed by atoms with E-state index in [-0.39, 0.29) is 5.91 Å². The fourth-order valence-corrected chi connectivity index (χ4v) is 3.59. The van der Waals surface area contributed by atoms with Crippen molar-refractivity contribution in [1.29, 1.82) is 0 Å². The topological polar surface area (TPSA) is 54.4 Å². The van der Waals surface area contributed by atoms with Crippen LogP contribution in [-0.2, 0) is 12.8 Å². The smallest absolute Gasteiger partial charge is 0.266 e. The first-order valence-corrected chi connectivity index (χ1v) is 7.89. The van der Waals surface area contributed by atoms with Gasteiger partial charge in [0.15, 0.2) is 0 Å². The van der Waals surface area contributed by atoms with E-state index in [0.29, 0.717) is 5.92 Å². The Morgan fingerprint density at radius 1 is 1.57 bits per heavy atom. The minimum atomic E-state index is -0.137. The molecule has 1 amide bonds. The predicted octanol–water partition coefficient (Wildman–Crippen LogP) is 3.03. The van der Waals surface area contributed by atoms with Gasteiger partial charge < -0.3 is 0 Å². The molecule has 0 aliphatic heterocycles. The summed E-state index contributed by atoms with van der Waals surface area (Å²) < 4.78 is 0. The lowest BCUT2D eigenvalue weighted by molar-refractivity contribution is 0.0959. The molecule has 2 aromatic heterocycles. The quantitative estimate of drug-likeness (QED) is 0.699. The highest BCUT2D eigenvalue weighted by Gasteiger charge is 2.20. The molecule has 1 N–H and O–H groups in total. The van der Waals surface area contributed by atoms with Crippen LogP contribution in [0.4, 0.5) is 0 Å². The maximum atomic E-state index is 12.1. The van der Waals surface area contributed by atoms with Crippen LogP contribution in [0.15, 0.2) is 35.7 Å². The molecule has 1 atom stereocenters. The van der Waals surface area contributed by atoms with Crippen molar-refractivity contribution in [2.24, 2.45) is 11.0 Å². The van der Waals surface area contributed by atoms with Crippen LogP contribution in [0.5, 0.6) is 0 Å². The number of amides is 1. The zero-order valence-corrected chi connectivity index (χ0v) is 12.7. The fourth-order valence-electron chi connectivity index (χ4n) is 2.49. The highest BCUT2D eigenvalue weighted by atomic mass is 32.1. The van der Waals surface area contributed by atoms with E-state index in [0.717, 1.165) is 23.3 Å². The molecule has 0 fully saturated rings. The predicted molar refractivity (Wildman–Crippen MR) is 84.8 cm³/mol. The second-order valence-corrected chi connectivity index (χ2v) is 6.53. The summed E-state index contributed by atoms with van der Waals surface area (Å²) in [5, 5.41) is 3.98. The van der Waals surface area contributed by atoms with Gasteiger partial charge in [-0.1, -0.05) is 13.0 Å². The van der Waals surface area contributed by atoms with Crippen LogP contribution in [-0.4, -0.2) is 17.1 Å². The van der Waals surface area contributed by atoms with E-state index in [1.54, 1.807) is 29.9 Å². The molecule has 2 heterocycles. The number of nitrogens with one attached hydrogen (secondary N) is 1. The minimum Gasteiger partial charge on any atom is -0.266 e. The summed E-state index contributed by atoms with van der Waals surface area (Å²) in [6.07, 6.45) is 8.38. The van der Waals surface area contributed by atoms with Gasteiger partial charge in [-0.05, 0) is 42.9 Å². The van der Waals surface area contributed by atoms with E-state index in [1.807, 2.05) is 18.2 Å². The Balaban J connectivity index is 1.65. The Morgan fingerprint density at radius 2 is 2.48 bits per heavy atom. The lowest BCUT2D eigenvalue weighted by Gasteiger charge is -2.16. The van der Waals surface area contributed by atoms with Gasteiger partial charge in [0.2, 0.25) is 0 Å². The summed E-state index contributed by atoms with van der Waals surface area (Å²) in [7, 11) is 0. The van der Waals surface area contributed by atoms with Gasteiger partial charge in [0.25, 0.3) is 5.91 Å². The Hall–Kier alpha value is -2.01. The summed E-state index contributed by atoms with van der Waals surface area (Å²) in [5.41, 5.74) is 4.77. The van der Waals surface area contributed by atoms with E-state index in [4.69, 9.17) is 0 Å². The van der Waals surface area contributed by atoms with Gasteiger partial charge in [-0.2, -0.15) is 5.10 Å². The Bertz CT molecular complexity index is 663. The first-order valence-electron chi connectivity index (χ1n) is 7.07. The summed E-state index contributed by atoms with van der Waals surface area (Å²) in [6, 6.07) is 5.73. The Kier molecular flexibility index (Phi) is 4.10. The molecule has 0 saturated heterocycles. The third-order valence-corrected chi connectivity index (χ3v) is 4.85. The third kappa shape index (κ3) is 3.36. The van der Waals surface area contributed by atoms with Crippen molar-refractivity contribution in [2.45, 2.75) is 26.2 Å². The number of hydrazone groups is 1. The average molecular weight is 299 g/mol. The van der Waals surface area contributed by atoms with Gasteiger partial charge in [0, 0.05) is 22.8 Å². The molecular formula is C16H17N3OS. The van der Waals surface area contributed by atoms with Crippen LogP contribution in [0.25, 0.3) is 0 Å². The fraction of sp³-hybridized carbons (Fsp3) is 0.312. The molecule has 1 aliphatic carbocycles. The van der Waals surface area contributed by atoms with Gasteiger partial charge >= 0.3 is 0 Å². The van der Waals surface area contributed by atoms with Gasteiger partial charge in [-0.3, -0.25) is 9.78 Å². The van der Waals surface area contributed by atoms with E-state index >= 15 is 0 Å². The lowest BCUT2D eigenvalue weighted by Crippen LogP contribution is -2.16. The second-order valence-electron chi connectivity index (χ2n) is 5.39. The number of rotatable bonds is 3. The van der Waals surface area contributed by atoms with Gasteiger partial charge in [0.1, 0.15) is 0 Å². The number of hydrogen-bond donors (Lipinski definition) is 1. The Morgan fingerprint density at radius 3 is 3.29 bits per heavy atom. The molecular weight excluding hydrogens is 282 g/mol. The van der Waals surface area contributed by atoms with Crippen LogP contribution in [0, 0.1) is 5.92 Å². The molecule has 0 aromatic carbocycles. The molecule has 3 rings (SSSR count). The maximum Gasteiger partial charge on any atom is 0.281 e. The number of hydrogen-bond acceptors (Lipinski definition) is 4. The minimum absolute atomic E-state index is 0.137. The van der Waals surface area contributed by atoms with Crippen molar-refractivity contribution >= 4 is 23.5 Å². The first kappa shape index (κ1) is 13.9. The van der Waals surface area contributed by atoms with Crippen LogP contribution in [0.1, 0.15) is 39.0 Å². The van der Waals surface area contributed by atoms with Crippen molar-refractivity contribution in [3.05, 3.63) is 51.5 Å². The molecule has 0 saturated carbocycles. The highest BCUT2D eigenvalue weighted by Crippen LogP contribution is 2.32. The normalized spacial score (nSPS) is 17.7. The van der Waals surface area contributed by atoms with Crippen molar-refractivity contribution < 1.29 is 4.79 Å². The van der Waals surface area contributed by atoms with Crippen molar-refractivity contribution in [2.75, 3.05) is 0 Å². The third-order valence-electron chi connectivity index (χ3n) is 3.62. The van der Waals surface area contributed by atoms with Crippen molar-refractivity contribution in [3.8, 4) is 0 Å². The van der Waals surface area contributed by atoms with Crippen LogP contribution >= 0.6 is 11.3 Å². The molecule has 2 aromatic rings. The number of thiophene rings is 1. The zero-order chi connectivity index (χ0) is 14.7. The Labute approximate surface area is 127 Å². The lowest BCUT2D eigenvalue weighted by atomic mass is 9.90. The van der Waals surface area contributed by atoms with Crippen molar-refractivity contribution in [3.63, 3.8) is 0 Å². The molecule has 0 radical (unpaired) electrons. The molecule has 4 nitrogen and oxygen atoms in total. The van der Waals surface area contributed by atoms with E-state index in [2.05, 4.69) is 22.4 Å². The standard InChI is InChI=1S/C16H17N3OS/c1-11-4-5-14-13(7-11)8-15(21-14)16(20)19-18-10-12-3-2-6-17-9-12/h2-3,6,8-11H,4-5,7H2,1H3,(H,19,20)/t11-/m0/s1. The van der Waals surface area contributed by atoms with Gasteiger partial charge in [0.05, 0.1) is 11.1 Å². The van der Waals surface area contributed by atoms with Crippen LogP contribution < -0.4 is 5.43 Å². The summed E-state index contributed by atoms with van der Waals surface area (Å²) in [6.45, 7) is 2.26. The summed E-state index contributed by atoms with van der Waals surface area (Å²) in [5.74, 6) is 0.578. The summed E-state index contributed by atoms with van der Waals surface area (Å²) in [4.78, 5) is 18.2. The zero-order valence-electron chi connectivity index (χ0n) is 11.9. The molecule has 0 spiro atoms. The van der Waals surface area contributed by atoms with E-state index in [1.165, 1.54) is 16.9 Å². The molecule has 1 aliphatic rings. The maximum absolute atomic E-state index is 12.1. The number of carbonyl (C=O) groups is 1. The molecule has 108 valence electrons. The number of fused-ring (bicyclic) bond motifs is 1. The number of aryl methyl sites for hydroxylation is 1. The SMILES string of the molecule is C[C@H]1CCc2sc(C(=O)NN=Cc3cccnc3)cc2C1. The largest absolute Gasteiger partial charge is 0.281 e. The van der Waals surface area contributed by atoms with E-state index in [9.17, 15) is 4.79 Å². The van der Waals surface area contributed by atoms with Gasteiger partial charge in [-0.15, -0.1) is 11.3 Å². The van der Waals surface area contributed by atoms with Crippen LogP contribution in [0.2, 0.25) is 0 Å².